The van der Waals surface area contributed by atoms with Gasteiger partial charge in [0.15, 0.2) is 0 Å². The SMILES string of the molecule is CC(CS(C)(=O)=O)NC(=O)NCCCCCC(=O)O. The third kappa shape index (κ3) is 12.9. The number of aliphatic carboxylic acids is 1. The molecular formula is C11H22N2O5S. The van der Waals surface area contributed by atoms with Gasteiger partial charge in [0.2, 0.25) is 0 Å². The molecule has 0 aromatic heterocycles. The number of nitrogens with one attached hydrogen (secondary N) is 2. The lowest BCUT2D eigenvalue weighted by Crippen LogP contribution is -2.43. The van der Waals surface area contributed by atoms with Crippen LogP contribution in [-0.4, -0.2) is 50.1 Å². The van der Waals surface area contributed by atoms with E-state index in [1.54, 1.807) is 6.92 Å². The predicted molar refractivity (Wildman–Crippen MR) is 71.8 cm³/mol. The molecule has 0 bridgehead atoms. The first-order chi connectivity index (χ1) is 8.70. The third-order valence-corrected chi connectivity index (χ3v) is 3.39. The van der Waals surface area contributed by atoms with Gasteiger partial charge < -0.3 is 15.7 Å². The summed E-state index contributed by atoms with van der Waals surface area (Å²) >= 11 is 0. The van der Waals surface area contributed by atoms with Crippen molar-refractivity contribution in [3.05, 3.63) is 0 Å². The van der Waals surface area contributed by atoms with Crippen LogP contribution in [0.2, 0.25) is 0 Å². The number of carbonyl (C=O) groups is 2. The van der Waals surface area contributed by atoms with Crippen molar-refractivity contribution < 1.29 is 23.1 Å². The van der Waals surface area contributed by atoms with Gasteiger partial charge in [0.1, 0.15) is 9.84 Å². The van der Waals surface area contributed by atoms with Crippen LogP contribution in [0.5, 0.6) is 0 Å². The average Bonchev–Trinajstić information content (AvgIpc) is 2.19. The zero-order valence-electron chi connectivity index (χ0n) is 11.3. The molecule has 0 saturated carbocycles. The predicted octanol–water partition coefficient (Wildman–Crippen LogP) is 0.364. The summed E-state index contributed by atoms with van der Waals surface area (Å²) in [4.78, 5) is 21.6. The standard InChI is InChI=1S/C11H22N2O5S/c1-9(8-19(2,17)18)13-11(16)12-7-5-3-4-6-10(14)15/h9H,3-8H2,1-2H3,(H,14,15)(H2,12,13,16). The topological polar surface area (TPSA) is 113 Å². The first-order valence-corrected chi connectivity index (χ1v) is 8.20. The lowest BCUT2D eigenvalue weighted by atomic mass is 10.2. The van der Waals surface area contributed by atoms with Crippen LogP contribution in [0.15, 0.2) is 0 Å². The Labute approximate surface area is 113 Å². The van der Waals surface area contributed by atoms with Crippen molar-refractivity contribution in [2.45, 2.75) is 38.6 Å². The smallest absolute Gasteiger partial charge is 0.315 e. The Kier molecular flexibility index (Phi) is 8.13. The zero-order chi connectivity index (χ0) is 14.9. The second-order valence-electron chi connectivity index (χ2n) is 4.60. The van der Waals surface area contributed by atoms with Gasteiger partial charge in [-0.1, -0.05) is 6.42 Å². The number of unbranched alkanes of at least 4 members (excludes halogenated alkanes) is 2. The van der Waals surface area contributed by atoms with E-state index in [2.05, 4.69) is 10.6 Å². The molecule has 112 valence electrons. The van der Waals surface area contributed by atoms with E-state index in [0.29, 0.717) is 19.4 Å². The fraction of sp³-hybridized carbons (Fsp3) is 0.818. The highest BCUT2D eigenvalue weighted by Gasteiger charge is 2.12. The largest absolute Gasteiger partial charge is 0.481 e. The van der Waals surface area contributed by atoms with Crippen LogP contribution in [-0.2, 0) is 14.6 Å². The third-order valence-electron chi connectivity index (χ3n) is 2.28. The minimum Gasteiger partial charge on any atom is -0.481 e. The monoisotopic (exact) mass is 294 g/mol. The summed E-state index contributed by atoms with van der Waals surface area (Å²) in [5.74, 6) is -0.917. The second-order valence-corrected chi connectivity index (χ2v) is 6.78. The second kappa shape index (κ2) is 8.73. The fourth-order valence-corrected chi connectivity index (χ4v) is 2.54. The van der Waals surface area contributed by atoms with Crippen molar-refractivity contribution in [2.75, 3.05) is 18.6 Å². The Balaban J connectivity index is 3.62. The Hall–Kier alpha value is -1.31. The van der Waals surface area contributed by atoms with Gasteiger partial charge in [-0.15, -0.1) is 0 Å². The van der Waals surface area contributed by atoms with Crippen LogP contribution in [0.3, 0.4) is 0 Å². The highest BCUT2D eigenvalue weighted by molar-refractivity contribution is 7.90. The number of rotatable bonds is 9. The number of carboxylic acids is 1. The van der Waals surface area contributed by atoms with Crippen molar-refractivity contribution in [3.8, 4) is 0 Å². The van der Waals surface area contributed by atoms with Crippen LogP contribution in [0.25, 0.3) is 0 Å². The van der Waals surface area contributed by atoms with Gasteiger partial charge in [0.05, 0.1) is 5.75 Å². The number of hydrogen-bond donors (Lipinski definition) is 3. The molecule has 7 nitrogen and oxygen atoms in total. The quantitative estimate of drug-likeness (QED) is 0.532. The highest BCUT2D eigenvalue weighted by Crippen LogP contribution is 1.98. The minimum atomic E-state index is -3.11. The molecule has 0 rings (SSSR count). The van der Waals surface area contributed by atoms with Crippen molar-refractivity contribution in [1.82, 2.24) is 10.6 Å². The van der Waals surface area contributed by atoms with E-state index < -0.39 is 27.9 Å². The summed E-state index contributed by atoms with van der Waals surface area (Å²) < 4.78 is 22.0. The number of hydrogen-bond acceptors (Lipinski definition) is 4. The van der Waals surface area contributed by atoms with Crippen molar-refractivity contribution in [1.29, 1.82) is 0 Å². The maximum atomic E-state index is 11.4. The molecule has 0 aliphatic rings. The van der Waals surface area contributed by atoms with Crippen molar-refractivity contribution in [2.24, 2.45) is 0 Å². The number of sulfone groups is 1. The number of urea groups is 1. The molecule has 1 atom stereocenters. The van der Waals surface area contributed by atoms with Crippen LogP contribution >= 0.6 is 0 Å². The molecule has 2 amide bonds. The van der Waals surface area contributed by atoms with E-state index >= 15 is 0 Å². The normalized spacial score (nSPS) is 12.7. The highest BCUT2D eigenvalue weighted by atomic mass is 32.2. The lowest BCUT2D eigenvalue weighted by Gasteiger charge is -2.13. The Morgan fingerprint density at radius 2 is 1.84 bits per heavy atom. The van der Waals surface area contributed by atoms with E-state index in [0.717, 1.165) is 12.7 Å². The number of amides is 2. The van der Waals surface area contributed by atoms with Crippen LogP contribution in [0.1, 0.15) is 32.6 Å². The van der Waals surface area contributed by atoms with Crippen LogP contribution in [0.4, 0.5) is 4.79 Å². The molecule has 0 spiro atoms. The van der Waals surface area contributed by atoms with E-state index in [4.69, 9.17) is 5.11 Å². The molecule has 0 saturated heterocycles. The Morgan fingerprint density at radius 1 is 1.21 bits per heavy atom. The van der Waals surface area contributed by atoms with Gasteiger partial charge in [-0.05, 0) is 19.8 Å². The van der Waals surface area contributed by atoms with E-state index in [9.17, 15) is 18.0 Å². The molecule has 0 aliphatic heterocycles. The van der Waals surface area contributed by atoms with E-state index in [1.807, 2.05) is 0 Å². The molecule has 0 heterocycles. The molecule has 0 aromatic rings. The van der Waals surface area contributed by atoms with Crippen molar-refractivity contribution >= 4 is 21.8 Å². The van der Waals surface area contributed by atoms with E-state index in [1.165, 1.54) is 0 Å². The lowest BCUT2D eigenvalue weighted by molar-refractivity contribution is -0.137. The summed E-state index contributed by atoms with van der Waals surface area (Å²) in [6.07, 6.45) is 3.26. The first-order valence-electron chi connectivity index (χ1n) is 6.14. The molecule has 0 fully saturated rings. The summed E-state index contributed by atoms with van der Waals surface area (Å²) in [5, 5.41) is 13.5. The van der Waals surface area contributed by atoms with Crippen LogP contribution in [0, 0.1) is 0 Å². The minimum absolute atomic E-state index is 0.0982. The van der Waals surface area contributed by atoms with Gasteiger partial charge in [0, 0.05) is 25.3 Å². The van der Waals surface area contributed by atoms with Gasteiger partial charge in [0.25, 0.3) is 0 Å². The Bertz CT molecular complexity index is 394. The molecule has 0 aliphatic carbocycles. The molecule has 3 N–H and O–H groups in total. The van der Waals surface area contributed by atoms with Gasteiger partial charge in [-0.3, -0.25) is 4.79 Å². The van der Waals surface area contributed by atoms with E-state index in [-0.39, 0.29) is 12.2 Å². The van der Waals surface area contributed by atoms with Crippen LogP contribution < -0.4 is 10.6 Å². The average molecular weight is 294 g/mol. The molecular weight excluding hydrogens is 272 g/mol. The molecule has 8 heteroatoms. The number of carbonyl (C=O) groups excluding carboxylic acids is 1. The van der Waals surface area contributed by atoms with Gasteiger partial charge in [-0.25, -0.2) is 13.2 Å². The zero-order valence-corrected chi connectivity index (χ0v) is 12.1. The first kappa shape index (κ1) is 17.7. The maximum absolute atomic E-state index is 11.4. The summed E-state index contributed by atoms with van der Waals surface area (Å²) in [7, 11) is -3.11. The summed E-state index contributed by atoms with van der Waals surface area (Å²) in [6.45, 7) is 2.06. The number of carboxylic acid groups (broad SMARTS) is 1. The molecule has 0 radical (unpaired) electrons. The summed E-state index contributed by atoms with van der Waals surface area (Å²) in [6, 6.07) is -0.851. The maximum Gasteiger partial charge on any atom is 0.315 e. The van der Waals surface area contributed by atoms with Crippen molar-refractivity contribution in [3.63, 3.8) is 0 Å². The molecule has 19 heavy (non-hydrogen) atoms. The molecule has 0 aromatic carbocycles. The fourth-order valence-electron chi connectivity index (χ4n) is 1.55. The van der Waals surface area contributed by atoms with Gasteiger partial charge in [-0.2, -0.15) is 0 Å². The Morgan fingerprint density at radius 3 is 2.37 bits per heavy atom. The molecule has 1 unspecified atom stereocenters. The van der Waals surface area contributed by atoms with Gasteiger partial charge >= 0.3 is 12.0 Å². The summed E-state index contributed by atoms with van der Waals surface area (Å²) in [5.41, 5.74) is 0.